The van der Waals surface area contributed by atoms with Crippen molar-refractivity contribution in [3.05, 3.63) is 24.0 Å². The number of nitrogens with zero attached hydrogens (tertiary/aromatic N) is 1. The van der Waals surface area contributed by atoms with E-state index in [0.717, 1.165) is 11.4 Å². The fraction of sp³-hybridized carbons (Fsp3) is 0.545. The predicted molar refractivity (Wildman–Crippen MR) is 51.9 cm³/mol. The van der Waals surface area contributed by atoms with Gasteiger partial charge in [0.15, 0.2) is 0 Å². The van der Waals surface area contributed by atoms with E-state index >= 15 is 0 Å². The van der Waals surface area contributed by atoms with Crippen LogP contribution in [0.25, 0.3) is 0 Å². The molecule has 2 nitrogen and oxygen atoms in total. The molecule has 1 saturated carbocycles. The zero-order valence-electron chi connectivity index (χ0n) is 7.99. The van der Waals surface area contributed by atoms with Gasteiger partial charge in [0.1, 0.15) is 5.75 Å². The third kappa shape index (κ3) is 2.20. The van der Waals surface area contributed by atoms with Gasteiger partial charge in [-0.05, 0) is 38.7 Å². The maximum Gasteiger partial charge on any atom is 0.123 e. The SMILES string of the molecule is Cc1cc(OC2CCCC2)ccn1. The molecule has 2 heteroatoms. The van der Waals surface area contributed by atoms with Crippen LogP contribution in [-0.2, 0) is 0 Å². The van der Waals surface area contributed by atoms with E-state index in [1.165, 1.54) is 25.7 Å². The molecule has 0 bridgehead atoms. The monoisotopic (exact) mass is 177 g/mol. The zero-order chi connectivity index (χ0) is 9.10. The minimum Gasteiger partial charge on any atom is -0.490 e. The minimum absolute atomic E-state index is 0.446. The van der Waals surface area contributed by atoms with E-state index in [0.29, 0.717) is 6.10 Å². The van der Waals surface area contributed by atoms with Crippen molar-refractivity contribution in [2.24, 2.45) is 0 Å². The Balaban J connectivity index is 2.00. The summed E-state index contributed by atoms with van der Waals surface area (Å²) in [5, 5.41) is 0. The summed E-state index contributed by atoms with van der Waals surface area (Å²) in [5.74, 6) is 0.972. The van der Waals surface area contributed by atoms with Crippen molar-refractivity contribution in [2.75, 3.05) is 0 Å². The summed E-state index contributed by atoms with van der Waals surface area (Å²) in [5.41, 5.74) is 1.02. The van der Waals surface area contributed by atoms with Gasteiger partial charge in [-0.2, -0.15) is 0 Å². The highest BCUT2D eigenvalue weighted by atomic mass is 16.5. The molecule has 1 aromatic rings. The number of rotatable bonds is 2. The molecule has 1 aromatic heterocycles. The van der Waals surface area contributed by atoms with Crippen LogP contribution in [0.4, 0.5) is 0 Å². The van der Waals surface area contributed by atoms with Crippen molar-refractivity contribution in [3.63, 3.8) is 0 Å². The van der Waals surface area contributed by atoms with Crippen LogP contribution < -0.4 is 4.74 Å². The van der Waals surface area contributed by atoms with Crippen LogP contribution in [0.5, 0.6) is 5.75 Å². The number of hydrogen-bond acceptors (Lipinski definition) is 2. The largest absolute Gasteiger partial charge is 0.490 e. The molecule has 0 aliphatic heterocycles. The molecule has 0 saturated heterocycles. The summed E-state index contributed by atoms with van der Waals surface area (Å²) in [4.78, 5) is 4.13. The highest BCUT2D eigenvalue weighted by molar-refractivity contribution is 5.22. The normalized spacial score (nSPS) is 17.6. The van der Waals surface area contributed by atoms with E-state index in [9.17, 15) is 0 Å². The topological polar surface area (TPSA) is 22.1 Å². The molecule has 0 amide bonds. The molecule has 0 radical (unpaired) electrons. The lowest BCUT2D eigenvalue weighted by Crippen LogP contribution is -2.10. The average molecular weight is 177 g/mol. The second-order valence-corrected chi connectivity index (χ2v) is 3.66. The molecule has 0 atom stereocenters. The average Bonchev–Trinajstić information content (AvgIpc) is 2.57. The molecule has 1 heterocycles. The third-order valence-corrected chi connectivity index (χ3v) is 2.47. The quantitative estimate of drug-likeness (QED) is 0.693. The molecule has 1 fully saturated rings. The lowest BCUT2D eigenvalue weighted by Gasteiger charge is -2.12. The third-order valence-electron chi connectivity index (χ3n) is 2.47. The first kappa shape index (κ1) is 8.54. The summed E-state index contributed by atoms with van der Waals surface area (Å²) in [7, 11) is 0. The first-order valence-electron chi connectivity index (χ1n) is 4.94. The maximum atomic E-state index is 5.82. The van der Waals surface area contributed by atoms with E-state index < -0.39 is 0 Å². The molecule has 0 spiro atoms. The van der Waals surface area contributed by atoms with Gasteiger partial charge in [0.25, 0.3) is 0 Å². The van der Waals surface area contributed by atoms with Crippen LogP contribution in [0.2, 0.25) is 0 Å². The van der Waals surface area contributed by atoms with Gasteiger partial charge in [-0.25, -0.2) is 0 Å². The Morgan fingerprint density at radius 2 is 2.15 bits per heavy atom. The van der Waals surface area contributed by atoms with Crippen LogP contribution in [0.1, 0.15) is 31.4 Å². The van der Waals surface area contributed by atoms with Crippen LogP contribution in [-0.4, -0.2) is 11.1 Å². The number of hydrogen-bond donors (Lipinski definition) is 0. The zero-order valence-corrected chi connectivity index (χ0v) is 7.99. The Hall–Kier alpha value is -1.05. The summed E-state index contributed by atoms with van der Waals surface area (Å²) >= 11 is 0. The van der Waals surface area contributed by atoms with Gasteiger partial charge >= 0.3 is 0 Å². The summed E-state index contributed by atoms with van der Waals surface area (Å²) in [6.45, 7) is 1.99. The Morgan fingerprint density at radius 3 is 2.85 bits per heavy atom. The summed E-state index contributed by atoms with van der Waals surface area (Å²) in [6.07, 6.45) is 7.30. The molecular formula is C11H15NO. The second kappa shape index (κ2) is 3.77. The summed E-state index contributed by atoms with van der Waals surface area (Å²) < 4.78 is 5.82. The number of ether oxygens (including phenoxy) is 1. The molecule has 13 heavy (non-hydrogen) atoms. The fourth-order valence-corrected chi connectivity index (χ4v) is 1.79. The molecule has 1 aliphatic rings. The van der Waals surface area contributed by atoms with Crippen LogP contribution in [0.3, 0.4) is 0 Å². The molecule has 0 N–H and O–H groups in total. The Morgan fingerprint density at radius 1 is 1.38 bits per heavy atom. The predicted octanol–water partition coefficient (Wildman–Crippen LogP) is 2.71. The standard InChI is InChI=1S/C11H15NO/c1-9-8-11(6-7-12-9)13-10-4-2-3-5-10/h6-8,10H,2-5H2,1H3. The fourth-order valence-electron chi connectivity index (χ4n) is 1.79. The van der Waals surface area contributed by atoms with E-state index in [1.807, 2.05) is 19.1 Å². The summed E-state index contributed by atoms with van der Waals surface area (Å²) in [6, 6.07) is 3.93. The minimum atomic E-state index is 0.446. The van der Waals surface area contributed by atoms with Crippen molar-refractivity contribution in [1.29, 1.82) is 0 Å². The van der Waals surface area contributed by atoms with E-state index in [-0.39, 0.29) is 0 Å². The molecule has 70 valence electrons. The van der Waals surface area contributed by atoms with Crippen molar-refractivity contribution in [1.82, 2.24) is 4.98 Å². The van der Waals surface area contributed by atoms with Gasteiger partial charge < -0.3 is 4.74 Å². The Labute approximate surface area is 78.9 Å². The highest BCUT2D eigenvalue weighted by Gasteiger charge is 2.16. The van der Waals surface area contributed by atoms with Crippen molar-refractivity contribution in [2.45, 2.75) is 38.7 Å². The molecule has 2 rings (SSSR count). The highest BCUT2D eigenvalue weighted by Crippen LogP contribution is 2.23. The Kier molecular flexibility index (Phi) is 2.48. The molecule has 0 unspecified atom stereocenters. The molecular weight excluding hydrogens is 162 g/mol. The smallest absolute Gasteiger partial charge is 0.123 e. The maximum absolute atomic E-state index is 5.82. The van der Waals surface area contributed by atoms with Gasteiger partial charge in [-0.15, -0.1) is 0 Å². The molecule has 0 aromatic carbocycles. The molecule has 1 aliphatic carbocycles. The Bertz CT molecular complexity index is 279. The van der Waals surface area contributed by atoms with Crippen LogP contribution in [0.15, 0.2) is 18.3 Å². The lowest BCUT2D eigenvalue weighted by atomic mass is 10.3. The number of aryl methyl sites for hydroxylation is 1. The second-order valence-electron chi connectivity index (χ2n) is 3.66. The van der Waals surface area contributed by atoms with Gasteiger partial charge in [0.2, 0.25) is 0 Å². The van der Waals surface area contributed by atoms with Crippen molar-refractivity contribution < 1.29 is 4.74 Å². The van der Waals surface area contributed by atoms with Crippen LogP contribution in [0, 0.1) is 6.92 Å². The number of pyridine rings is 1. The van der Waals surface area contributed by atoms with Gasteiger partial charge in [-0.3, -0.25) is 4.98 Å². The van der Waals surface area contributed by atoms with Gasteiger partial charge in [0.05, 0.1) is 6.10 Å². The van der Waals surface area contributed by atoms with Crippen molar-refractivity contribution >= 4 is 0 Å². The first-order valence-corrected chi connectivity index (χ1v) is 4.94. The first-order chi connectivity index (χ1) is 6.34. The van der Waals surface area contributed by atoms with Gasteiger partial charge in [0, 0.05) is 18.0 Å². The van der Waals surface area contributed by atoms with Gasteiger partial charge in [-0.1, -0.05) is 0 Å². The number of aromatic nitrogens is 1. The van der Waals surface area contributed by atoms with Crippen LogP contribution >= 0.6 is 0 Å². The van der Waals surface area contributed by atoms with Crippen molar-refractivity contribution in [3.8, 4) is 5.75 Å². The lowest BCUT2D eigenvalue weighted by molar-refractivity contribution is 0.209. The van der Waals surface area contributed by atoms with E-state index in [4.69, 9.17) is 4.74 Å². The van der Waals surface area contributed by atoms with E-state index in [2.05, 4.69) is 4.98 Å². The van der Waals surface area contributed by atoms with E-state index in [1.54, 1.807) is 6.20 Å².